The van der Waals surface area contributed by atoms with Gasteiger partial charge in [-0.05, 0) is 29.8 Å². The maximum Gasteiger partial charge on any atom is 0.292 e. The lowest BCUT2D eigenvalue weighted by Gasteiger charge is -2.08. The molecule has 0 spiro atoms. The molecule has 0 saturated heterocycles. The maximum absolute atomic E-state index is 12.7. The van der Waals surface area contributed by atoms with E-state index in [2.05, 4.69) is 0 Å². The fourth-order valence-corrected chi connectivity index (χ4v) is 1.65. The van der Waals surface area contributed by atoms with Crippen molar-refractivity contribution >= 4 is 0 Å². The zero-order valence-corrected chi connectivity index (χ0v) is 10.3. The number of aromatic nitrogens is 1. The van der Waals surface area contributed by atoms with E-state index in [0.29, 0.717) is 0 Å². The molecule has 0 aliphatic rings. The van der Waals surface area contributed by atoms with Crippen LogP contribution >= 0.6 is 0 Å². The van der Waals surface area contributed by atoms with Crippen LogP contribution in [0.25, 0.3) is 0 Å². The molecular formula is C14H14FNO3. The van der Waals surface area contributed by atoms with Crippen LogP contribution < -0.4 is 10.3 Å². The van der Waals surface area contributed by atoms with Crippen LogP contribution in [0.1, 0.15) is 5.56 Å². The Morgan fingerprint density at radius 2 is 1.95 bits per heavy atom. The molecule has 0 radical (unpaired) electrons. The fraction of sp³-hybridized carbons (Fsp3) is 0.214. The summed E-state index contributed by atoms with van der Waals surface area (Å²) in [6, 6.07) is 9.13. The molecule has 0 saturated carbocycles. The van der Waals surface area contributed by atoms with Crippen LogP contribution in [-0.2, 0) is 13.2 Å². The van der Waals surface area contributed by atoms with Gasteiger partial charge < -0.3 is 14.4 Å². The zero-order valence-electron chi connectivity index (χ0n) is 10.3. The number of aliphatic hydroxyl groups excluding tert-OH is 1. The minimum absolute atomic E-state index is 0.110. The van der Waals surface area contributed by atoms with Gasteiger partial charge in [0, 0.05) is 12.7 Å². The van der Waals surface area contributed by atoms with Crippen molar-refractivity contribution in [2.75, 3.05) is 6.61 Å². The van der Waals surface area contributed by atoms with Gasteiger partial charge >= 0.3 is 0 Å². The smallest absolute Gasteiger partial charge is 0.292 e. The highest BCUT2D eigenvalue weighted by molar-refractivity contribution is 5.20. The highest BCUT2D eigenvalue weighted by atomic mass is 19.1. The van der Waals surface area contributed by atoms with Crippen molar-refractivity contribution in [3.63, 3.8) is 0 Å². The third-order valence-electron chi connectivity index (χ3n) is 2.63. The molecule has 0 atom stereocenters. The summed E-state index contributed by atoms with van der Waals surface area (Å²) in [6.45, 7) is 0.312. The predicted octanol–water partition coefficient (Wildman–Crippen LogP) is 1.56. The van der Waals surface area contributed by atoms with Gasteiger partial charge in [0.2, 0.25) is 0 Å². The molecule has 1 heterocycles. The molecule has 0 fully saturated rings. The number of hydrogen-bond donors (Lipinski definition) is 1. The Morgan fingerprint density at radius 1 is 1.21 bits per heavy atom. The number of pyridine rings is 1. The molecule has 19 heavy (non-hydrogen) atoms. The first kappa shape index (κ1) is 13.3. The second-order valence-corrected chi connectivity index (χ2v) is 4.01. The van der Waals surface area contributed by atoms with Gasteiger partial charge in [-0.1, -0.05) is 12.1 Å². The van der Waals surface area contributed by atoms with E-state index in [9.17, 15) is 9.18 Å². The fourth-order valence-electron chi connectivity index (χ4n) is 1.65. The van der Waals surface area contributed by atoms with E-state index in [0.717, 1.165) is 5.56 Å². The summed E-state index contributed by atoms with van der Waals surface area (Å²) in [4.78, 5) is 11.9. The molecule has 1 aromatic carbocycles. The molecule has 2 rings (SSSR count). The Morgan fingerprint density at radius 3 is 2.63 bits per heavy atom. The molecule has 0 aliphatic carbocycles. The standard InChI is InChI=1S/C14H14FNO3/c15-12-5-3-11(4-6-12)10-19-13-2-1-7-16(8-9-17)14(13)18/h1-7,17H,8-10H2. The van der Waals surface area contributed by atoms with Crippen molar-refractivity contribution in [2.45, 2.75) is 13.2 Å². The number of benzene rings is 1. The summed E-state index contributed by atoms with van der Waals surface area (Å²) < 4.78 is 19.5. The lowest BCUT2D eigenvalue weighted by molar-refractivity contribution is 0.268. The first-order valence-corrected chi connectivity index (χ1v) is 5.88. The van der Waals surface area contributed by atoms with Gasteiger partial charge in [-0.15, -0.1) is 0 Å². The lowest BCUT2D eigenvalue weighted by atomic mass is 10.2. The lowest BCUT2D eigenvalue weighted by Crippen LogP contribution is -2.22. The number of rotatable bonds is 5. The summed E-state index contributed by atoms with van der Waals surface area (Å²) in [5.74, 6) is -0.103. The van der Waals surface area contributed by atoms with Gasteiger partial charge in [-0.25, -0.2) is 4.39 Å². The van der Waals surface area contributed by atoms with E-state index in [-0.39, 0.29) is 36.9 Å². The van der Waals surface area contributed by atoms with Crippen molar-refractivity contribution < 1.29 is 14.2 Å². The first-order chi connectivity index (χ1) is 9.20. The molecule has 0 aliphatic heterocycles. The Balaban J connectivity index is 2.09. The predicted molar refractivity (Wildman–Crippen MR) is 68.5 cm³/mol. The van der Waals surface area contributed by atoms with E-state index in [1.165, 1.54) is 16.7 Å². The van der Waals surface area contributed by atoms with E-state index >= 15 is 0 Å². The molecule has 5 heteroatoms. The highest BCUT2D eigenvalue weighted by Gasteiger charge is 2.04. The maximum atomic E-state index is 12.7. The van der Waals surface area contributed by atoms with Crippen molar-refractivity contribution in [1.82, 2.24) is 4.57 Å². The van der Waals surface area contributed by atoms with Gasteiger partial charge in [0.15, 0.2) is 5.75 Å². The second-order valence-electron chi connectivity index (χ2n) is 4.01. The van der Waals surface area contributed by atoms with Crippen molar-refractivity contribution in [2.24, 2.45) is 0 Å². The zero-order chi connectivity index (χ0) is 13.7. The summed E-state index contributed by atoms with van der Waals surface area (Å²) in [7, 11) is 0. The van der Waals surface area contributed by atoms with Crippen LogP contribution in [0.2, 0.25) is 0 Å². The minimum Gasteiger partial charge on any atom is -0.483 e. The normalized spacial score (nSPS) is 10.4. The molecule has 4 nitrogen and oxygen atoms in total. The van der Waals surface area contributed by atoms with Gasteiger partial charge in [0.25, 0.3) is 5.56 Å². The third kappa shape index (κ3) is 3.42. The molecule has 100 valence electrons. The van der Waals surface area contributed by atoms with E-state index < -0.39 is 0 Å². The monoisotopic (exact) mass is 263 g/mol. The average Bonchev–Trinajstić information content (AvgIpc) is 2.42. The number of aliphatic hydroxyl groups is 1. The van der Waals surface area contributed by atoms with Crippen LogP contribution in [0.4, 0.5) is 4.39 Å². The van der Waals surface area contributed by atoms with Crippen molar-refractivity contribution in [3.8, 4) is 5.75 Å². The molecule has 1 N–H and O–H groups in total. The van der Waals surface area contributed by atoms with Crippen LogP contribution in [0.3, 0.4) is 0 Å². The minimum atomic E-state index is -0.311. The Kier molecular flexibility index (Phi) is 4.30. The van der Waals surface area contributed by atoms with Crippen LogP contribution in [0.5, 0.6) is 5.75 Å². The Hall–Kier alpha value is -2.14. The quantitative estimate of drug-likeness (QED) is 0.890. The van der Waals surface area contributed by atoms with Gasteiger partial charge in [0.1, 0.15) is 12.4 Å². The summed E-state index contributed by atoms with van der Waals surface area (Å²) in [5.41, 5.74) is 0.483. The van der Waals surface area contributed by atoms with Gasteiger partial charge in [-0.2, -0.15) is 0 Å². The molecule has 2 aromatic rings. The van der Waals surface area contributed by atoms with Crippen molar-refractivity contribution in [3.05, 3.63) is 64.3 Å². The number of halogens is 1. The largest absolute Gasteiger partial charge is 0.483 e. The SMILES string of the molecule is O=c1c(OCc2ccc(F)cc2)cccn1CCO. The average molecular weight is 263 g/mol. The summed E-state index contributed by atoms with van der Waals surface area (Å²) in [6.07, 6.45) is 1.59. The first-order valence-electron chi connectivity index (χ1n) is 5.88. The second kappa shape index (κ2) is 6.15. The van der Waals surface area contributed by atoms with E-state index in [1.807, 2.05) is 0 Å². The topological polar surface area (TPSA) is 51.5 Å². The number of nitrogens with zero attached hydrogens (tertiary/aromatic N) is 1. The van der Waals surface area contributed by atoms with Crippen LogP contribution in [0.15, 0.2) is 47.4 Å². The molecular weight excluding hydrogens is 249 g/mol. The third-order valence-corrected chi connectivity index (χ3v) is 2.63. The number of ether oxygens (including phenoxy) is 1. The highest BCUT2D eigenvalue weighted by Crippen LogP contribution is 2.08. The number of hydrogen-bond acceptors (Lipinski definition) is 3. The van der Waals surface area contributed by atoms with Gasteiger partial charge in [-0.3, -0.25) is 4.79 Å². The van der Waals surface area contributed by atoms with Crippen LogP contribution in [0, 0.1) is 5.82 Å². The molecule has 0 bridgehead atoms. The summed E-state index contributed by atoms with van der Waals surface area (Å²) in [5, 5.41) is 8.83. The van der Waals surface area contributed by atoms with E-state index in [1.54, 1.807) is 30.5 Å². The van der Waals surface area contributed by atoms with Crippen LogP contribution in [-0.4, -0.2) is 16.3 Å². The molecule has 1 aromatic heterocycles. The Labute approximate surface area is 109 Å². The molecule has 0 unspecified atom stereocenters. The molecule has 0 amide bonds. The van der Waals surface area contributed by atoms with Gasteiger partial charge in [0.05, 0.1) is 6.61 Å². The Bertz CT molecular complexity index is 592. The van der Waals surface area contributed by atoms with E-state index in [4.69, 9.17) is 9.84 Å². The summed E-state index contributed by atoms with van der Waals surface area (Å²) >= 11 is 0. The van der Waals surface area contributed by atoms with Crippen molar-refractivity contribution in [1.29, 1.82) is 0 Å².